The summed E-state index contributed by atoms with van der Waals surface area (Å²) in [6.07, 6.45) is 1.32. The quantitative estimate of drug-likeness (QED) is 0.665. The molecular weight excluding hydrogens is 375 g/mol. The van der Waals surface area contributed by atoms with Crippen LogP contribution in [0.3, 0.4) is 0 Å². The van der Waals surface area contributed by atoms with Gasteiger partial charge in [0.1, 0.15) is 5.82 Å². The number of rotatable bonds is 6. The lowest BCUT2D eigenvalue weighted by molar-refractivity contribution is -0.118. The Morgan fingerprint density at radius 2 is 1.86 bits per heavy atom. The van der Waals surface area contributed by atoms with E-state index in [1.54, 1.807) is 51.5 Å². The summed E-state index contributed by atoms with van der Waals surface area (Å²) in [5, 5.41) is 6.93. The van der Waals surface area contributed by atoms with Crippen LogP contribution in [0.4, 0.5) is 10.1 Å². The summed E-state index contributed by atoms with van der Waals surface area (Å²) in [4.78, 5) is 12.9. The van der Waals surface area contributed by atoms with E-state index in [1.165, 1.54) is 6.07 Å². The van der Waals surface area contributed by atoms with Gasteiger partial charge in [0.05, 0.1) is 25.3 Å². The smallest absolute Gasteiger partial charge is 0.236 e. The first-order valence-electron chi connectivity index (χ1n) is 9.24. The summed E-state index contributed by atoms with van der Waals surface area (Å²) < 4.78 is 29.8. The standard InChI is InChI=1S/C22H21FN2O4/c1-13-4-6-15(11-16(13)23)24-21(26)22(8-9-22)20-12-18(29-25-20)14-5-7-17(27-2)19(10-14)28-3/h4-7,10-12H,8-9H2,1-3H3,(H,24,26). The summed E-state index contributed by atoms with van der Waals surface area (Å²) in [6.45, 7) is 1.68. The van der Waals surface area contributed by atoms with Crippen LogP contribution in [0.5, 0.6) is 11.5 Å². The number of hydrogen-bond donors (Lipinski definition) is 1. The van der Waals surface area contributed by atoms with E-state index in [0.717, 1.165) is 5.56 Å². The van der Waals surface area contributed by atoms with E-state index in [-0.39, 0.29) is 11.7 Å². The van der Waals surface area contributed by atoms with Crippen molar-refractivity contribution in [3.63, 3.8) is 0 Å². The summed E-state index contributed by atoms with van der Waals surface area (Å²) in [7, 11) is 3.13. The van der Waals surface area contributed by atoms with Gasteiger partial charge in [-0.25, -0.2) is 4.39 Å². The van der Waals surface area contributed by atoms with Crippen LogP contribution >= 0.6 is 0 Å². The highest BCUT2D eigenvalue weighted by molar-refractivity contribution is 6.01. The van der Waals surface area contributed by atoms with Gasteiger partial charge in [-0.1, -0.05) is 11.2 Å². The van der Waals surface area contributed by atoms with E-state index >= 15 is 0 Å². The molecule has 0 saturated heterocycles. The minimum absolute atomic E-state index is 0.215. The molecule has 7 heteroatoms. The Morgan fingerprint density at radius 3 is 2.52 bits per heavy atom. The molecule has 3 aromatic rings. The fourth-order valence-corrected chi connectivity index (χ4v) is 3.27. The van der Waals surface area contributed by atoms with Gasteiger partial charge in [0.15, 0.2) is 17.3 Å². The third kappa shape index (κ3) is 3.44. The number of benzene rings is 2. The fraction of sp³-hybridized carbons (Fsp3) is 0.273. The van der Waals surface area contributed by atoms with Crippen molar-refractivity contribution < 1.29 is 23.2 Å². The van der Waals surface area contributed by atoms with Crippen molar-refractivity contribution in [3.05, 3.63) is 59.5 Å². The summed E-state index contributed by atoms with van der Waals surface area (Å²) in [5.74, 6) is 1.14. The van der Waals surface area contributed by atoms with Crippen LogP contribution in [0.25, 0.3) is 11.3 Å². The zero-order valence-electron chi connectivity index (χ0n) is 16.4. The minimum Gasteiger partial charge on any atom is -0.493 e. The van der Waals surface area contributed by atoms with Crippen molar-refractivity contribution in [1.29, 1.82) is 0 Å². The van der Waals surface area contributed by atoms with Gasteiger partial charge in [0.2, 0.25) is 5.91 Å². The van der Waals surface area contributed by atoms with E-state index < -0.39 is 5.41 Å². The molecule has 0 aliphatic heterocycles. The maximum Gasteiger partial charge on any atom is 0.236 e. The Morgan fingerprint density at radius 1 is 1.10 bits per heavy atom. The number of nitrogens with zero attached hydrogens (tertiary/aromatic N) is 1. The van der Waals surface area contributed by atoms with Crippen LogP contribution in [0.2, 0.25) is 0 Å². The second-order valence-corrected chi connectivity index (χ2v) is 7.15. The van der Waals surface area contributed by atoms with Gasteiger partial charge in [-0.05, 0) is 55.7 Å². The second-order valence-electron chi connectivity index (χ2n) is 7.15. The highest BCUT2D eigenvalue weighted by Crippen LogP contribution is 2.49. The highest BCUT2D eigenvalue weighted by Gasteiger charge is 2.53. The van der Waals surface area contributed by atoms with E-state index in [4.69, 9.17) is 14.0 Å². The predicted molar refractivity (Wildman–Crippen MR) is 106 cm³/mol. The monoisotopic (exact) mass is 396 g/mol. The molecule has 1 heterocycles. The van der Waals surface area contributed by atoms with Crippen LogP contribution in [0, 0.1) is 12.7 Å². The normalized spacial score (nSPS) is 14.3. The van der Waals surface area contributed by atoms with Gasteiger partial charge in [0.25, 0.3) is 0 Å². The maximum atomic E-state index is 13.8. The van der Waals surface area contributed by atoms with Crippen LogP contribution in [-0.4, -0.2) is 25.3 Å². The summed E-state index contributed by atoms with van der Waals surface area (Å²) >= 11 is 0. The number of carbonyl (C=O) groups is 1. The van der Waals surface area contributed by atoms with E-state index in [9.17, 15) is 9.18 Å². The molecule has 1 aromatic heterocycles. The molecule has 0 radical (unpaired) electrons. The molecule has 0 unspecified atom stereocenters. The van der Waals surface area contributed by atoms with Gasteiger partial charge < -0.3 is 19.3 Å². The number of aromatic nitrogens is 1. The van der Waals surface area contributed by atoms with Crippen molar-refractivity contribution in [2.75, 3.05) is 19.5 Å². The van der Waals surface area contributed by atoms with Gasteiger partial charge >= 0.3 is 0 Å². The Balaban J connectivity index is 1.57. The Hall–Kier alpha value is -3.35. The van der Waals surface area contributed by atoms with Crippen molar-refractivity contribution in [2.45, 2.75) is 25.2 Å². The molecule has 2 aromatic carbocycles. The summed E-state index contributed by atoms with van der Waals surface area (Å²) in [6, 6.07) is 11.8. The topological polar surface area (TPSA) is 73.6 Å². The lowest BCUT2D eigenvalue weighted by Gasteiger charge is -2.13. The molecule has 0 atom stereocenters. The van der Waals surface area contributed by atoms with Crippen LogP contribution in [0.1, 0.15) is 24.1 Å². The number of carbonyl (C=O) groups excluding carboxylic acids is 1. The molecule has 1 fully saturated rings. The largest absolute Gasteiger partial charge is 0.493 e. The van der Waals surface area contributed by atoms with Crippen molar-refractivity contribution >= 4 is 11.6 Å². The molecule has 4 rings (SSSR count). The molecule has 150 valence electrons. The molecule has 29 heavy (non-hydrogen) atoms. The average Bonchev–Trinajstić information content (AvgIpc) is 3.40. The van der Waals surface area contributed by atoms with Crippen LogP contribution in [-0.2, 0) is 10.2 Å². The Labute approximate surface area is 167 Å². The van der Waals surface area contributed by atoms with E-state index in [2.05, 4.69) is 10.5 Å². The maximum absolute atomic E-state index is 13.8. The zero-order valence-corrected chi connectivity index (χ0v) is 16.4. The average molecular weight is 396 g/mol. The van der Waals surface area contributed by atoms with Gasteiger partial charge in [-0.15, -0.1) is 0 Å². The number of anilines is 1. The lowest BCUT2D eigenvalue weighted by Crippen LogP contribution is -2.28. The Bertz CT molecular complexity index is 1070. The molecule has 0 spiro atoms. The van der Waals surface area contributed by atoms with Crippen LogP contribution in [0.15, 0.2) is 47.0 Å². The first kappa shape index (κ1) is 19.0. The van der Waals surface area contributed by atoms with Crippen molar-refractivity contribution in [1.82, 2.24) is 5.16 Å². The molecule has 1 amide bonds. The predicted octanol–water partition coefficient (Wildman–Crippen LogP) is 4.48. The highest BCUT2D eigenvalue weighted by atomic mass is 19.1. The SMILES string of the molecule is COc1ccc(-c2cc(C3(C(=O)Nc4ccc(C)c(F)c4)CC3)no2)cc1OC. The number of methoxy groups -OCH3 is 2. The first-order chi connectivity index (χ1) is 14.0. The molecule has 0 bridgehead atoms. The van der Waals surface area contributed by atoms with Gasteiger partial charge in [-0.3, -0.25) is 4.79 Å². The molecule has 1 aliphatic carbocycles. The number of amides is 1. The number of nitrogens with one attached hydrogen (secondary N) is 1. The Kier molecular flexibility index (Phi) is 4.74. The van der Waals surface area contributed by atoms with Gasteiger partial charge in [0, 0.05) is 17.3 Å². The zero-order chi connectivity index (χ0) is 20.6. The number of hydrogen-bond acceptors (Lipinski definition) is 5. The number of aryl methyl sites for hydroxylation is 1. The van der Waals surface area contributed by atoms with Crippen LogP contribution < -0.4 is 14.8 Å². The molecule has 1 N–H and O–H groups in total. The lowest BCUT2D eigenvalue weighted by atomic mass is 10.00. The minimum atomic E-state index is -0.750. The molecule has 6 nitrogen and oxygen atoms in total. The van der Waals surface area contributed by atoms with Crippen molar-refractivity contribution in [2.24, 2.45) is 0 Å². The van der Waals surface area contributed by atoms with E-state index in [0.29, 0.717) is 47.0 Å². The summed E-state index contributed by atoms with van der Waals surface area (Å²) in [5.41, 5.74) is 1.53. The van der Waals surface area contributed by atoms with Crippen molar-refractivity contribution in [3.8, 4) is 22.8 Å². The number of halogens is 1. The molecule has 1 aliphatic rings. The van der Waals surface area contributed by atoms with Gasteiger partial charge in [-0.2, -0.15) is 0 Å². The third-order valence-corrected chi connectivity index (χ3v) is 5.28. The number of ether oxygens (including phenoxy) is 2. The fourth-order valence-electron chi connectivity index (χ4n) is 3.27. The molecule has 1 saturated carbocycles. The second kappa shape index (κ2) is 7.24. The first-order valence-corrected chi connectivity index (χ1v) is 9.24. The third-order valence-electron chi connectivity index (χ3n) is 5.28. The van der Waals surface area contributed by atoms with E-state index in [1.807, 2.05) is 6.07 Å². The molecular formula is C22H21FN2O4.